The van der Waals surface area contributed by atoms with Crippen LogP contribution in [0.25, 0.3) is 0 Å². The van der Waals surface area contributed by atoms with Gasteiger partial charge in [0.1, 0.15) is 5.75 Å². The number of nitrogens with zero attached hydrogens (tertiary/aromatic N) is 1. The lowest BCUT2D eigenvalue weighted by Crippen LogP contribution is -2.30. The number of phenolic OH excluding ortho intramolecular Hbond substituents is 2. The first kappa shape index (κ1) is 13.8. The van der Waals surface area contributed by atoms with E-state index in [1.54, 1.807) is 25.3 Å². The van der Waals surface area contributed by atoms with Gasteiger partial charge in [-0.2, -0.15) is 0 Å². The average molecular weight is 285 g/mol. The van der Waals surface area contributed by atoms with Crippen LogP contribution in [0.4, 0.5) is 0 Å². The van der Waals surface area contributed by atoms with Gasteiger partial charge < -0.3 is 14.9 Å². The zero-order valence-electron chi connectivity index (χ0n) is 12.0. The number of hydrogen-bond donors (Lipinski definition) is 2. The predicted molar refractivity (Wildman–Crippen MR) is 80.6 cm³/mol. The molecule has 0 atom stereocenters. The first-order chi connectivity index (χ1) is 10.2. The fourth-order valence-electron chi connectivity index (χ4n) is 2.79. The summed E-state index contributed by atoms with van der Waals surface area (Å²) in [5, 5.41) is 19.2. The van der Waals surface area contributed by atoms with E-state index in [-0.39, 0.29) is 5.75 Å². The maximum atomic E-state index is 9.90. The van der Waals surface area contributed by atoms with Gasteiger partial charge in [-0.25, -0.2) is 0 Å². The Bertz CT molecular complexity index is 637. The lowest BCUT2D eigenvalue weighted by molar-refractivity contribution is 0.244. The number of methoxy groups -OCH3 is 1. The van der Waals surface area contributed by atoms with Crippen LogP contribution >= 0.6 is 0 Å². The lowest BCUT2D eigenvalue weighted by Gasteiger charge is -2.29. The molecule has 0 saturated heterocycles. The Morgan fingerprint density at radius 3 is 2.57 bits per heavy atom. The van der Waals surface area contributed by atoms with Crippen LogP contribution < -0.4 is 4.74 Å². The Hall–Kier alpha value is -2.20. The van der Waals surface area contributed by atoms with Crippen molar-refractivity contribution in [3.8, 4) is 17.2 Å². The molecule has 0 amide bonds. The van der Waals surface area contributed by atoms with Crippen molar-refractivity contribution in [3.05, 3.63) is 53.1 Å². The van der Waals surface area contributed by atoms with E-state index in [1.165, 1.54) is 11.1 Å². The van der Waals surface area contributed by atoms with E-state index >= 15 is 0 Å². The highest BCUT2D eigenvalue weighted by Crippen LogP contribution is 2.32. The summed E-state index contributed by atoms with van der Waals surface area (Å²) in [5.74, 6) is 1.03. The van der Waals surface area contributed by atoms with Gasteiger partial charge in [0.15, 0.2) is 11.5 Å². The topological polar surface area (TPSA) is 52.9 Å². The van der Waals surface area contributed by atoms with Crippen molar-refractivity contribution in [1.82, 2.24) is 4.90 Å². The van der Waals surface area contributed by atoms with Crippen LogP contribution in [0, 0.1) is 0 Å². The number of aromatic hydroxyl groups is 2. The highest BCUT2D eigenvalue weighted by atomic mass is 16.5. The van der Waals surface area contributed by atoms with E-state index in [0.717, 1.165) is 31.6 Å². The largest absolute Gasteiger partial charge is 0.508 e. The molecule has 0 bridgehead atoms. The molecule has 2 aromatic rings. The Balaban J connectivity index is 1.75. The summed E-state index contributed by atoms with van der Waals surface area (Å²) in [7, 11) is 1.57. The zero-order valence-corrected chi connectivity index (χ0v) is 12.0. The van der Waals surface area contributed by atoms with Crippen molar-refractivity contribution in [2.24, 2.45) is 0 Å². The number of ether oxygens (including phenoxy) is 1. The maximum Gasteiger partial charge on any atom is 0.160 e. The number of phenols is 2. The van der Waals surface area contributed by atoms with Crippen molar-refractivity contribution < 1.29 is 14.9 Å². The van der Waals surface area contributed by atoms with Crippen LogP contribution in [0.15, 0.2) is 36.4 Å². The first-order valence-corrected chi connectivity index (χ1v) is 7.04. The molecule has 0 aromatic heterocycles. The monoisotopic (exact) mass is 285 g/mol. The molecule has 2 N–H and O–H groups in total. The van der Waals surface area contributed by atoms with Crippen molar-refractivity contribution >= 4 is 0 Å². The predicted octanol–water partition coefficient (Wildman–Crippen LogP) is 2.66. The first-order valence-electron chi connectivity index (χ1n) is 7.04. The molecule has 21 heavy (non-hydrogen) atoms. The van der Waals surface area contributed by atoms with Crippen LogP contribution in [0.2, 0.25) is 0 Å². The smallest absolute Gasteiger partial charge is 0.160 e. The van der Waals surface area contributed by atoms with Crippen LogP contribution in [0.3, 0.4) is 0 Å². The van der Waals surface area contributed by atoms with Gasteiger partial charge in [0.05, 0.1) is 7.11 Å². The van der Waals surface area contributed by atoms with Crippen LogP contribution in [0.1, 0.15) is 16.7 Å². The van der Waals surface area contributed by atoms with Crippen molar-refractivity contribution in [2.75, 3.05) is 13.7 Å². The van der Waals surface area contributed by atoms with Gasteiger partial charge in [0, 0.05) is 19.6 Å². The molecule has 4 nitrogen and oxygen atoms in total. The molecule has 0 aliphatic carbocycles. The molecule has 0 radical (unpaired) electrons. The lowest BCUT2D eigenvalue weighted by atomic mass is 9.98. The van der Waals surface area contributed by atoms with E-state index in [1.807, 2.05) is 18.2 Å². The van der Waals surface area contributed by atoms with Gasteiger partial charge in [-0.05, 0) is 47.4 Å². The number of fused-ring (bicyclic) bond motifs is 1. The zero-order chi connectivity index (χ0) is 14.8. The Morgan fingerprint density at radius 2 is 1.86 bits per heavy atom. The van der Waals surface area contributed by atoms with Crippen LogP contribution in [0.5, 0.6) is 17.2 Å². The van der Waals surface area contributed by atoms with Crippen LogP contribution in [-0.4, -0.2) is 28.8 Å². The van der Waals surface area contributed by atoms with Gasteiger partial charge in [0.25, 0.3) is 0 Å². The molecule has 0 unspecified atom stereocenters. The number of hydrogen-bond acceptors (Lipinski definition) is 4. The molecule has 110 valence electrons. The van der Waals surface area contributed by atoms with Crippen molar-refractivity contribution in [1.29, 1.82) is 0 Å². The van der Waals surface area contributed by atoms with Gasteiger partial charge in [-0.3, -0.25) is 4.90 Å². The Morgan fingerprint density at radius 1 is 1.10 bits per heavy atom. The quantitative estimate of drug-likeness (QED) is 0.910. The summed E-state index contributed by atoms with van der Waals surface area (Å²) in [6.07, 6.45) is 0.948. The third-order valence-electron chi connectivity index (χ3n) is 3.93. The Labute approximate surface area is 124 Å². The third kappa shape index (κ3) is 2.95. The standard InChI is InChI=1S/C17H19NO3/c1-21-17-9-13-6-7-18(11-14(13)8-16(17)20)10-12-2-4-15(19)5-3-12/h2-5,8-9,19-20H,6-7,10-11H2,1H3. The molecule has 4 heteroatoms. The van der Waals surface area contributed by atoms with Gasteiger partial charge >= 0.3 is 0 Å². The van der Waals surface area contributed by atoms with Crippen LogP contribution in [-0.2, 0) is 19.5 Å². The highest BCUT2D eigenvalue weighted by molar-refractivity contribution is 5.47. The minimum absolute atomic E-state index is 0.197. The number of benzene rings is 2. The molecule has 1 aliphatic heterocycles. The number of rotatable bonds is 3. The fourth-order valence-corrected chi connectivity index (χ4v) is 2.79. The van der Waals surface area contributed by atoms with E-state index in [0.29, 0.717) is 11.5 Å². The second kappa shape index (κ2) is 5.66. The highest BCUT2D eigenvalue weighted by Gasteiger charge is 2.18. The second-order valence-corrected chi connectivity index (χ2v) is 5.42. The normalized spacial score (nSPS) is 14.7. The summed E-state index contributed by atoms with van der Waals surface area (Å²) in [6.45, 7) is 2.63. The summed E-state index contributed by atoms with van der Waals surface area (Å²) in [5.41, 5.74) is 3.57. The molecule has 0 fully saturated rings. The minimum Gasteiger partial charge on any atom is -0.508 e. The van der Waals surface area contributed by atoms with E-state index in [4.69, 9.17) is 4.74 Å². The van der Waals surface area contributed by atoms with Gasteiger partial charge in [0.2, 0.25) is 0 Å². The molecular weight excluding hydrogens is 266 g/mol. The van der Waals surface area contributed by atoms with E-state index in [9.17, 15) is 10.2 Å². The fraction of sp³-hybridized carbons (Fsp3) is 0.294. The third-order valence-corrected chi connectivity index (χ3v) is 3.93. The summed E-state index contributed by atoms with van der Waals surface area (Å²) in [6, 6.07) is 11.0. The summed E-state index contributed by atoms with van der Waals surface area (Å²) < 4.78 is 5.16. The molecule has 3 rings (SSSR count). The van der Waals surface area contributed by atoms with Gasteiger partial charge in [-0.15, -0.1) is 0 Å². The SMILES string of the molecule is COc1cc2c(cc1O)CN(Cc1ccc(O)cc1)CC2. The molecular formula is C17H19NO3. The van der Waals surface area contributed by atoms with Crippen molar-refractivity contribution in [2.45, 2.75) is 19.5 Å². The maximum absolute atomic E-state index is 9.90. The average Bonchev–Trinajstić information content (AvgIpc) is 2.49. The second-order valence-electron chi connectivity index (χ2n) is 5.42. The minimum atomic E-state index is 0.197. The molecule has 0 saturated carbocycles. The summed E-state index contributed by atoms with van der Waals surface area (Å²) >= 11 is 0. The summed E-state index contributed by atoms with van der Waals surface area (Å²) in [4.78, 5) is 2.33. The van der Waals surface area contributed by atoms with E-state index in [2.05, 4.69) is 4.90 Å². The van der Waals surface area contributed by atoms with Crippen molar-refractivity contribution in [3.63, 3.8) is 0 Å². The van der Waals surface area contributed by atoms with E-state index < -0.39 is 0 Å². The molecule has 1 heterocycles. The molecule has 0 spiro atoms. The molecule has 1 aliphatic rings. The van der Waals surface area contributed by atoms with Gasteiger partial charge in [-0.1, -0.05) is 12.1 Å². The Kier molecular flexibility index (Phi) is 3.71. The molecule has 2 aromatic carbocycles.